The second-order valence-electron chi connectivity index (χ2n) is 6.90. The van der Waals surface area contributed by atoms with Gasteiger partial charge in [0.2, 0.25) is 0 Å². The van der Waals surface area contributed by atoms with Crippen LogP contribution < -0.4 is 5.32 Å². The maximum atomic E-state index is 4.58. The summed E-state index contributed by atoms with van der Waals surface area (Å²) in [6.07, 6.45) is 5.41. The molecule has 3 aromatic carbocycles. The maximum Gasteiger partial charge on any atom is 0.0709 e. The SMILES string of the molecule is C1=CC2=C(Cc3ccccc3N2)[Si]=C1.c1ccc2nc3ccccc3cc2c1. The van der Waals surface area contributed by atoms with E-state index in [0.717, 1.165) is 26.6 Å². The molecule has 0 saturated carbocycles. The fourth-order valence-electron chi connectivity index (χ4n) is 3.59. The number of allylic oxidation sites excluding steroid dienone is 3. The highest BCUT2D eigenvalue weighted by atomic mass is 28.2. The number of nitrogens with one attached hydrogen (secondary N) is 1. The van der Waals surface area contributed by atoms with Gasteiger partial charge in [-0.05, 0) is 47.5 Å². The molecular weight excluding hydrogens is 356 g/mol. The van der Waals surface area contributed by atoms with Gasteiger partial charge in [-0.1, -0.05) is 66.3 Å². The van der Waals surface area contributed by atoms with Crippen molar-refractivity contribution in [2.24, 2.45) is 0 Å². The standard InChI is InChI=1S/C13H9N.C12H10NSi/c1-3-7-12-10(5-1)9-11-6-2-4-8-13(11)14-12;1-2-5-10-9(4-1)8-12-11(13-10)6-3-7-14-12/h1-9H;1-7,13H,8H2. The lowest BCUT2D eigenvalue weighted by Gasteiger charge is -2.22. The molecule has 0 unspecified atom stereocenters. The Balaban J connectivity index is 0.000000122. The summed E-state index contributed by atoms with van der Waals surface area (Å²) in [4.78, 5) is 4.58. The molecule has 28 heavy (non-hydrogen) atoms. The van der Waals surface area contributed by atoms with E-state index in [-0.39, 0.29) is 0 Å². The largest absolute Gasteiger partial charge is 0.355 e. The molecule has 133 valence electrons. The van der Waals surface area contributed by atoms with Gasteiger partial charge in [-0.2, -0.15) is 0 Å². The molecule has 2 aliphatic rings. The summed E-state index contributed by atoms with van der Waals surface area (Å²) < 4.78 is 0. The number of hydrogen-bond donors (Lipinski definition) is 1. The summed E-state index contributed by atoms with van der Waals surface area (Å²) in [6.45, 7) is 0. The highest BCUT2D eigenvalue weighted by Gasteiger charge is 2.14. The Morgan fingerprint density at radius 1 is 0.786 bits per heavy atom. The van der Waals surface area contributed by atoms with Crippen molar-refractivity contribution >= 4 is 42.3 Å². The van der Waals surface area contributed by atoms with Gasteiger partial charge in [-0.15, -0.1) is 0 Å². The minimum absolute atomic E-state index is 0.849. The van der Waals surface area contributed by atoms with Gasteiger partial charge in [0.15, 0.2) is 0 Å². The van der Waals surface area contributed by atoms with Crippen LogP contribution >= 0.6 is 0 Å². The van der Waals surface area contributed by atoms with Crippen molar-refractivity contribution in [3.63, 3.8) is 0 Å². The molecule has 2 aliphatic heterocycles. The van der Waals surface area contributed by atoms with E-state index in [4.69, 9.17) is 0 Å². The fraction of sp³-hybridized carbons (Fsp3) is 0.0400. The van der Waals surface area contributed by atoms with Crippen LogP contribution in [0.1, 0.15) is 5.56 Å². The Bertz CT molecular complexity index is 1120. The van der Waals surface area contributed by atoms with Crippen LogP contribution in [-0.4, -0.2) is 19.8 Å². The lowest BCUT2D eigenvalue weighted by molar-refractivity contribution is 1.16. The minimum Gasteiger partial charge on any atom is -0.355 e. The smallest absolute Gasteiger partial charge is 0.0709 e. The topological polar surface area (TPSA) is 24.9 Å². The van der Waals surface area contributed by atoms with Crippen molar-refractivity contribution in [3.8, 4) is 0 Å². The number of anilines is 1. The number of aromatic nitrogens is 1. The Hall–Kier alpha value is -3.30. The summed E-state index contributed by atoms with van der Waals surface area (Å²) >= 11 is 0. The lowest BCUT2D eigenvalue weighted by Crippen LogP contribution is -2.15. The van der Waals surface area contributed by atoms with Gasteiger partial charge in [0.05, 0.1) is 20.2 Å². The second-order valence-corrected chi connectivity index (χ2v) is 8.12. The van der Waals surface area contributed by atoms with Crippen LogP contribution in [-0.2, 0) is 6.42 Å². The van der Waals surface area contributed by atoms with Crippen molar-refractivity contribution in [1.29, 1.82) is 0 Å². The van der Waals surface area contributed by atoms with E-state index in [1.54, 1.807) is 0 Å². The first-order valence-corrected chi connectivity index (χ1v) is 10.5. The summed E-state index contributed by atoms with van der Waals surface area (Å²) in [5.41, 5.74) is 8.36. The van der Waals surface area contributed by atoms with Crippen molar-refractivity contribution in [3.05, 3.63) is 107 Å². The molecule has 0 saturated heterocycles. The van der Waals surface area contributed by atoms with Gasteiger partial charge in [0.1, 0.15) is 0 Å². The first-order valence-electron chi connectivity index (χ1n) is 9.46. The zero-order chi connectivity index (χ0) is 18.8. The minimum atomic E-state index is 0.849. The van der Waals surface area contributed by atoms with E-state index in [0.29, 0.717) is 0 Å². The fourth-order valence-corrected chi connectivity index (χ4v) is 4.57. The number of rotatable bonds is 0. The van der Waals surface area contributed by atoms with Crippen LogP contribution in [0, 0.1) is 0 Å². The molecule has 0 fully saturated rings. The Kier molecular flexibility index (Phi) is 4.43. The van der Waals surface area contributed by atoms with Gasteiger partial charge in [-0.25, -0.2) is 4.98 Å². The predicted molar refractivity (Wildman–Crippen MR) is 121 cm³/mol. The molecule has 1 radical (unpaired) electrons. The molecular formula is C25H19N2Si. The van der Waals surface area contributed by atoms with Crippen LogP contribution in [0.3, 0.4) is 0 Å². The van der Waals surface area contributed by atoms with Crippen molar-refractivity contribution in [1.82, 2.24) is 4.98 Å². The zero-order valence-corrected chi connectivity index (χ0v) is 16.4. The number of hydrogen-bond acceptors (Lipinski definition) is 2. The van der Waals surface area contributed by atoms with Crippen LogP contribution in [0.4, 0.5) is 5.69 Å². The number of fused-ring (bicyclic) bond motifs is 3. The third-order valence-corrected chi connectivity index (χ3v) is 6.17. The van der Waals surface area contributed by atoms with Crippen LogP contribution in [0.2, 0.25) is 0 Å². The highest BCUT2D eigenvalue weighted by molar-refractivity contribution is 6.57. The molecule has 1 aromatic heterocycles. The van der Waals surface area contributed by atoms with Crippen molar-refractivity contribution < 1.29 is 0 Å². The molecule has 0 amide bonds. The molecule has 4 aromatic rings. The van der Waals surface area contributed by atoms with E-state index in [2.05, 4.69) is 70.6 Å². The highest BCUT2D eigenvalue weighted by Crippen LogP contribution is 2.27. The monoisotopic (exact) mass is 375 g/mol. The van der Waals surface area contributed by atoms with Gasteiger partial charge < -0.3 is 5.32 Å². The van der Waals surface area contributed by atoms with Crippen molar-refractivity contribution in [2.45, 2.75) is 6.42 Å². The predicted octanol–water partition coefficient (Wildman–Crippen LogP) is 5.33. The quantitative estimate of drug-likeness (QED) is 0.332. The molecule has 6 rings (SSSR count). The number of benzene rings is 3. The van der Waals surface area contributed by atoms with Gasteiger partial charge in [0, 0.05) is 22.2 Å². The van der Waals surface area contributed by atoms with Gasteiger partial charge in [-0.3, -0.25) is 0 Å². The van der Waals surface area contributed by atoms with E-state index >= 15 is 0 Å². The molecule has 0 aliphatic carbocycles. The third-order valence-electron chi connectivity index (χ3n) is 5.02. The summed E-state index contributed by atoms with van der Waals surface area (Å²) in [5.74, 6) is 0. The van der Waals surface area contributed by atoms with Gasteiger partial charge in [0.25, 0.3) is 0 Å². The normalized spacial score (nSPS) is 14.1. The first-order chi connectivity index (χ1) is 13.9. The molecule has 0 bridgehead atoms. The first kappa shape index (κ1) is 16.8. The van der Waals surface area contributed by atoms with Crippen LogP contribution in [0.25, 0.3) is 21.8 Å². The molecule has 3 heteroatoms. The van der Waals surface area contributed by atoms with Crippen LogP contribution in [0.5, 0.6) is 0 Å². The summed E-state index contributed by atoms with van der Waals surface area (Å²) in [7, 11) is 0.849. The zero-order valence-electron chi connectivity index (χ0n) is 15.4. The van der Waals surface area contributed by atoms with Crippen LogP contribution in [0.15, 0.2) is 102 Å². The maximum absolute atomic E-state index is 4.58. The number of nitrogens with zero attached hydrogens (tertiary/aromatic N) is 1. The Morgan fingerprint density at radius 2 is 1.46 bits per heavy atom. The van der Waals surface area contributed by atoms with E-state index in [9.17, 15) is 0 Å². The average Bonchev–Trinajstić information content (AvgIpc) is 2.76. The number of para-hydroxylation sites is 3. The lowest BCUT2D eigenvalue weighted by atomic mass is 10.0. The molecule has 0 atom stereocenters. The second kappa shape index (κ2) is 7.37. The molecule has 3 heterocycles. The van der Waals surface area contributed by atoms with E-state index in [1.807, 2.05) is 36.4 Å². The van der Waals surface area contributed by atoms with E-state index < -0.39 is 0 Å². The molecule has 0 spiro atoms. The molecule has 2 nitrogen and oxygen atoms in total. The van der Waals surface area contributed by atoms with Crippen molar-refractivity contribution in [2.75, 3.05) is 5.32 Å². The Labute approximate surface area is 166 Å². The number of pyridine rings is 1. The average molecular weight is 376 g/mol. The summed E-state index contributed by atoms with van der Waals surface area (Å²) in [5, 5.41) is 7.41. The van der Waals surface area contributed by atoms with E-state index in [1.165, 1.54) is 32.9 Å². The summed E-state index contributed by atoms with van der Waals surface area (Å²) in [6, 6.07) is 27.1. The van der Waals surface area contributed by atoms with Gasteiger partial charge >= 0.3 is 0 Å². The third kappa shape index (κ3) is 3.32. The Morgan fingerprint density at radius 3 is 2.25 bits per heavy atom. The molecule has 1 N–H and O–H groups in total.